The average Bonchev–Trinajstić information content (AvgIpc) is 2.10. The molecule has 0 fully saturated rings. The summed E-state index contributed by atoms with van der Waals surface area (Å²) in [5, 5.41) is 2.97. The van der Waals surface area contributed by atoms with Gasteiger partial charge in [0.25, 0.3) is 0 Å². The number of carbonyl (C=O) groups excluding carboxylic acids is 1. The summed E-state index contributed by atoms with van der Waals surface area (Å²) >= 11 is 0. The van der Waals surface area contributed by atoms with Crippen LogP contribution in [0.3, 0.4) is 0 Å². The van der Waals surface area contributed by atoms with Crippen LogP contribution < -0.4 is 11.1 Å². The number of rotatable bonds is 4. The van der Waals surface area contributed by atoms with Crippen molar-refractivity contribution in [2.75, 3.05) is 6.54 Å². The summed E-state index contributed by atoms with van der Waals surface area (Å²) in [7, 11) is 0. The Morgan fingerprint density at radius 2 is 2.07 bits per heavy atom. The molecule has 0 atom stereocenters. The van der Waals surface area contributed by atoms with Crippen molar-refractivity contribution in [3.05, 3.63) is 34.9 Å². The van der Waals surface area contributed by atoms with Crippen molar-refractivity contribution in [2.45, 2.75) is 20.4 Å². The van der Waals surface area contributed by atoms with E-state index in [9.17, 15) is 4.79 Å². The lowest BCUT2D eigenvalue weighted by Gasteiger charge is -2.05. The topological polar surface area (TPSA) is 55.1 Å². The fourth-order valence-electron chi connectivity index (χ4n) is 1.24. The van der Waals surface area contributed by atoms with Gasteiger partial charge < -0.3 is 11.1 Å². The maximum atomic E-state index is 10.5. The Kier molecular flexibility index (Phi) is 3.65. The van der Waals surface area contributed by atoms with Crippen molar-refractivity contribution in [2.24, 2.45) is 5.73 Å². The molecule has 0 bridgehead atoms. The second kappa shape index (κ2) is 4.77. The molecule has 14 heavy (non-hydrogen) atoms. The van der Waals surface area contributed by atoms with Gasteiger partial charge in [-0.3, -0.25) is 4.79 Å². The van der Waals surface area contributed by atoms with Crippen LogP contribution >= 0.6 is 0 Å². The lowest BCUT2D eigenvalue weighted by Crippen LogP contribution is -2.28. The van der Waals surface area contributed by atoms with E-state index in [2.05, 4.69) is 37.4 Å². The van der Waals surface area contributed by atoms with Gasteiger partial charge in [0, 0.05) is 6.54 Å². The highest BCUT2D eigenvalue weighted by atomic mass is 16.1. The molecular formula is C11H16N2O. The highest BCUT2D eigenvalue weighted by Crippen LogP contribution is 2.09. The van der Waals surface area contributed by atoms with E-state index >= 15 is 0 Å². The second-order valence-corrected chi connectivity index (χ2v) is 3.49. The summed E-state index contributed by atoms with van der Waals surface area (Å²) in [4.78, 5) is 10.5. The Labute approximate surface area is 84.3 Å². The number of hydrogen-bond donors (Lipinski definition) is 2. The van der Waals surface area contributed by atoms with Crippen LogP contribution in [0.5, 0.6) is 0 Å². The van der Waals surface area contributed by atoms with Crippen molar-refractivity contribution < 1.29 is 4.79 Å². The lowest BCUT2D eigenvalue weighted by molar-refractivity contribution is -0.117. The molecule has 0 aliphatic carbocycles. The number of nitrogens with two attached hydrogens (primary N) is 1. The van der Waals surface area contributed by atoms with Gasteiger partial charge in [0.2, 0.25) is 5.91 Å². The van der Waals surface area contributed by atoms with Crippen LogP contribution in [-0.2, 0) is 11.3 Å². The third kappa shape index (κ3) is 3.18. The Bertz CT molecular complexity index is 334. The van der Waals surface area contributed by atoms with Gasteiger partial charge in [-0.25, -0.2) is 0 Å². The van der Waals surface area contributed by atoms with Crippen LogP contribution in [0.4, 0.5) is 0 Å². The van der Waals surface area contributed by atoms with Crippen molar-refractivity contribution in [3.63, 3.8) is 0 Å². The molecule has 0 unspecified atom stereocenters. The fraction of sp³-hybridized carbons (Fsp3) is 0.364. The van der Waals surface area contributed by atoms with Gasteiger partial charge in [0.1, 0.15) is 0 Å². The molecule has 3 nitrogen and oxygen atoms in total. The van der Waals surface area contributed by atoms with Crippen molar-refractivity contribution in [1.82, 2.24) is 5.32 Å². The molecule has 0 aliphatic rings. The summed E-state index contributed by atoms with van der Waals surface area (Å²) in [6.07, 6.45) is 0. The molecule has 0 spiro atoms. The Morgan fingerprint density at radius 1 is 1.36 bits per heavy atom. The summed E-state index contributed by atoms with van der Waals surface area (Å²) in [6.45, 7) is 5.07. The minimum absolute atomic E-state index is 0.229. The number of benzene rings is 1. The van der Waals surface area contributed by atoms with E-state index in [1.807, 2.05) is 0 Å². The standard InChI is InChI=1S/C11H16N2O/c1-8-3-4-10(5-9(8)2)6-13-7-11(12)14/h3-5,13H,6-7H2,1-2H3,(H2,12,14). The van der Waals surface area contributed by atoms with Crippen LogP contribution in [-0.4, -0.2) is 12.5 Å². The van der Waals surface area contributed by atoms with Crippen molar-refractivity contribution >= 4 is 5.91 Å². The third-order valence-electron chi connectivity index (χ3n) is 2.20. The zero-order chi connectivity index (χ0) is 10.6. The second-order valence-electron chi connectivity index (χ2n) is 3.49. The number of hydrogen-bond acceptors (Lipinski definition) is 2. The Balaban J connectivity index is 2.51. The molecule has 3 heteroatoms. The van der Waals surface area contributed by atoms with Crippen LogP contribution in [0.1, 0.15) is 16.7 Å². The summed E-state index contributed by atoms with van der Waals surface area (Å²) in [6, 6.07) is 6.25. The number of amides is 1. The third-order valence-corrected chi connectivity index (χ3v) is 2.20. The number of aryl methyl sites for hydroxylation is 2. The quantitative estimate of drug-likeness (QED) is 0.744. The minimum atomic E-state index is -0.325. The monoisotopic (exact) mass is 192 g/mol. The molecule has 0 saturated heterocycles. The van der Waals surface area contributed by atoms with Crippen LogP contribution in [0.15, 0.2) is 18.2 Å². The normalized spacial score (nSPS) is 10.1. The zero-order valence-corrected chi connectivity index (χ0v) is 8.63. The molecule has 1 aromatic carbocycles. The van der Waals surface area contributed by atoms with Gasteiger partial charge in [0.15, 0.2) is 0 Å². The number of nitrogens with one attached hydrogen (secondary N) is 1. The van der Waals surface area contributed by atoms with E-state index in [1.165, 1.54) is 16.7 Å². The molecule has 0 aliphatic heterocycles. The van der Waals surface area contributed by atoms with Crippen LogP contribution in [0, 0.1) is 13.8 Å². The first-order valence-corrected chi connectivity index (χ1v) is 4.65. The first kappa shape index (κ1) is 10.7. The van der Waals surface area contributed by atoms with Gasteiger partial charge >= 0.3 is 0 Å². The molecule has 1 amide bonds. The zero-order valence-electron chi connectivity index (χ0n) is 8.63. The molecular weight excluding hydrogens is 176 g/mol. The molecule has 0 saturated carbocycles. The maximum Gasteiger partial charge on any atom is 0.231 e. The summed E-state index contributed by atoms with van der Waals surface area (Å²) in [5.74, 6) is -0.325. The predicted molar refractivity (Wildman–Crippen MR) is 56.8 cm³/mol. The highest BCUT2D eigenvalue weighted by molar-refractivity contribution is 5.75. The molecule has 1 rings (SSSR count). The van der Waals surface area contributed by atoms with Crippen molar-refractivity contribution in [3.8, 4) is 0 Å². The SMILES string of the molecule is Cc1ccc(CNCC(N)=O)cc1C. The molecule has 76 valence electrons. The average molecular weight is 192 g/mol. The summed E-state index contributed by atoms with van der Waals surface area (Å²) < 4.78 is 0. The number of primary amides is 1. The van der Waals surface area contributed by atoms with Gasteiger partial charge in [-0.1, -0.05) is 18.2 Å². The van der Waals surface area contributed by atoms with Crippen LogP contribution in [0.2, 0.25) is 0 Å². The van der Waals surface area contributed by atoms with E-state index < -0.39 is 0 Å². The highest BCUT2D eigenvalue weighted by Gasteiger charge is 1.97. The largest absolute Gasteiger partial charge is 0.369 e. The molecule has 1 aromatic rings. The maximum absolute atomic E-state index is 10.5. The smallest absolute Gasteiger partial charge is 0.231 e. The Morgan fingerprint density at radius 3 is 2.64 bits per heavy atom. The van der Waals surface area contributed by atoms with Gasteiger partial charge in [0.05, 0.1) is 6.54 Å². The van der Waals surface area contributed by atoms with E-state index in [1.54, 1.807) is 0 Å². The van der Waals surface area contributed by atoms with Gasteiger partial charge in [-0.15, -0.1) is 0 Å². The minimum Gasteiger partial charge on any atom is -0.369 e. The molecule has 0 aromatic heterocycles. The van der Waals surface area contributed by atoms with Crippen molar-refractivity contribution in [1.29, 1.82) is 0 Å². The first-order chi connectivity index (χ1) is 6.59. The predicted octanol–water partition coefficient (Wildman–Crippen LogP) is 0.878. The van der Waals surface area contributed by atoms with E-state index in [0.29, 0.717) is 6.54 Å². The first-order valence-electron chi connectivity index (χ1n) is 4.65. The van der Waals surface area contributed by atoms with Crippen LogP contribution in [0.25, 0.3) is 0 Å². The van der Waals surface area contributed by atoms with E-state index in [4.69, 9.17) is 5.73 Å². The molecule has 3 N–H and O–H groups in total. The Hall–Kier alpha value is -1.35. The van der Waals surface area contributed by atoms with E-state index in [0.717, 1.165) is 0 Å². The fourth-order valence-corrected chi connectivity index (χ4v) is 1.24. The van der Waals surface area contributed by atoms with Gasteiger partial charge in [-0.05, 0) is 30.5 Å². The van der Waals surface area contributed by atoms with Gasteiger partial charge in [-0.2, -0.15) is 0 Å². The lowest BCUT2D eigenvalue weighted by atomic mass is 10.1. The van der Waals surface area contributed by atoms with E-state index in [-0.39, 0.29) is 12.5 Å². The molecule has 0 radical (unpaired) electrons. The molecule has 0 heterocycles. The summed E-state index contributed by atoms with van der Waals surface area (Å²) in [5.41, 5.74) is 8.73. The number of carbonyl (C=O) groups is 1.